The number of nitrogens with zero attached hydrogens (tertiary/aromatic N) is 2. The highest BCUT2D eigenvalue weighted by Gasteiger charge is 2.38. The number of halogens is 1. The summed E-state index contributed by atoms with van der Waals surface area (Å²) in [6.07, 6.45) is 3.17. The SMILES string of the molecule is NCc1ccc(Cl)cc1CNC(=O)[C@@H]1CCCN1C(=O)C(CCCC(=O)N1CCC(N)CC1)NS(=O)(=O)Cc1ccccc1. The summed E-state index contributed by atoms with van der Waals surface area (Å²) < 4.78 is 29.0. The Bertz CT molecular complexity index is 1400. The maximum atomic E-state index is 13.9. The van der Waals surface area contributed by atoms with Gasteiger partial charge in [0.2, 0.25) is 27.7 Å². The summed E-state index contributed by atoms with van der Waals surface area (Å²) in [5.41, 5.74) is 14.0. The van der Waals surface area contributed by atoms with Gasteiger partial charge in [0.05, 0.1) is 5.75 Å². The molecular formula is C31H43ClN6O5S. The average Bonchev–Trinajstić information content (AvgIpc) is 3.50. The molecule has 0 aromatic heterocycles. The molecule has 3 amide bonds. The first-order valence-corrected chi connectivity index (χ1v) is 17.2. The number of hydrogen-bond donors (Lipinski definition) is 4. The van der Waals surface area contributed by atoms with Crippen molar-refractivity contribution >= 4 is 39.3 Å². The van der Waals surface area contributed by atoms with Crippen molar-refractivity contribution in [2.75, 3.05) is 19.6 Å². The van der Waals surface area contributed by atoms with Crippen LogP contribution in [0.1, 0.15) is 61.6 Å². The molecule has 6 N–H and O–H groups in total. The zero-order valence-electron chi connectivity index (χ0n) is 24.9. The maximum absolute atomic E-state index is 13.9. The van der Waals surface area contributed by atoms with Crippen molar-refractivity contribution in [3.63, 3.8) is 0 Å². The van der Waals surface area contributed by atoms with Gasteiger partial charge in [0.1, 0.15) is 12.1 Å². The molecule has 0 spiro atoms. The van der Waals surface area contributed by atoms with E-state index < -0.39 is 28.0 Å². The lowest BCUT2D eigenvalue weighted by Gasteiger charge is -2.31. The van der Waals surface area contributed by atoms with Gasteiger partial charge in [-0.2, -0.15) is 0 Å². The summed E-state index contributed by atoms with van der Waals surface area (Å²) in [4.78, 5) is 43.3. The number of nitrogens with one attached hydrogen (secondary N) is 2. The molecule has 2 fully saturated rings. The van der Waals surface area contributed by atoms with E-state index >= 15 is 0 Å². The predicted molar refractivity (Wildman–Crippen MR) is 170 cm³/mol. The number of carbonyl (C=O) groups is 3. The van der Waals surface area contributed by atoms with Crippen molar-refractivity contribution in [2.24, 2.45) is 11.5 Å². The van der Waals surface area contributed by atoms with Crippen LogP contribution in [0.2, 0.25) is 5.02 Å². The Hall–Kier alpha value is -3.03. The molecule has 2 aromatic rings. The second-order valence-electron chi connectivity index (χ2n) is 11.6. The Labute approximate surface area is 264 Å². The molecule has 4 rings (SSSR count). The third kappa shape index (κ3) is 9.48. The summed E-state index contributed by atoms with van der Waals surface area (Å²) in [7, 11) is -3.91. The van der Waals surface area contributed by atoms with Crippen LogP contribution in [0, 0.1) is 0 Å². The Kier molecular flexibility index (Phi) is 12.2. The number of rotatable bonds is 13. The minimum absolute atomic E-state index is 0.0356. The zero-order chi connectivity index (χ0) is 31.7. The van der Waals surface area contributed by atoms with Crippen molar-refractivity contribution in [3.8, 4) is 0 Å². The van der Waals surface area contributed by atoms with Crippen molar-refractivity contribution in [3.05, 3.63) is 70.2 Å². The molecule has 2 atom stereocenters. The molecule has 1 unspecified atom stereocenters. The minimum Gasteiger partial charge on any atom is -0.350 e. The number of piperidine rings is 1. The van der Waals surface area contributed by atoms with E-state index in [0.717, 1.165) is 24.0 Å². The van der Waals surface area contributed by atoms with Crippen LogP contribution in [0.25, 0.3) is 0 Å². The van der Waals surface area contributed by atoms with E-state index in [4.69, 9.17) is 23.1 Å². The molecule has 44 heavy (non-hydrogen) atoms. The van der Waals surface area contributed by atoms with E-state index in [2.05, 4.69) is 10.0 Å². The lowest BCUT2D eigenvalue weighted by atomic mass is 10.0. The highest BCUT2D eigenvalue weighted by atomic mass is 35.5. The van der Waals surface area contributed by atoms with Crippen molar-refractivity contribution in [1.29, 1.82) is 0 Å². The fourth-order valence-electron chi connectivity index (χ4n) is 5.81. The standard InChI is InChI=1S/C31H43ClN6O5S/c32-25-12-11-23(19-33)24(18-25)20-35-30(40)28-9-5-15-38(28)31(41)27(36-44(42,43)21-22-6-2-1-3-7-22)8-4-10-29(39)37-16-13-26(34)14-17-37/h1-3,6-7,11-12,18,26-28,36H,4-5,8-10,13-17,19-21,33-34H2,(H,35,40)/t27?,28-/m0/s1. The molecule has 2 aliphatic heterocycles. The molecule has 0 saturated carbocycles. The molecule has 2 heterocycles. The quantitative estimate of drug-likeness (QED) is 0.258. The van der Waals surface area contributed by atoms with Crippen LogP contribution >= 0.6 is 11.6 Å². The molecule has 2 aromatic carbocycles. The fraction of sp³-hybridized carbons (Fsp3) is 0.516. The summed E-state index contributed by atoms with van der Waals surface area (Å²) in [5, 5.41) is 3.43. The number of benzene rings is 2. The summed E-state index contributed by atoms with van der Waals surface area (Å²) in [6, 6.07) is 12.2. The predicted octanol–water partition coefficient (Wildman–Crippen LogP) is 2.01. The van der Waals surface area contributed by atoms with Gasteiger partial charge in [0, 0.05) is 50.2 Å². The normalized spacial score (nSPS) is 18.3. The highest BCUT2D eigenvalue weighted by Crippen LogP contribution is 2.22. The van der Waals surface area contributed by atoms with Gasteiger partial charge in [-0.15, -0.1) is 0 Å². The first-order valence-electron chi connectivity index (χ1n) is 15.2. The van der Waals surface area contributed by atoms with Gasteiger partial charge in [-0.1, -0.05) is 48.0 Å². The van der Waals surface area contributed by atoms with Crippen molar-refractivity contribution in [1.82, 2.24) is 19.8 Å². The average molecular weight is 647 g/mol. The maximum Gasteiger partial charge on any atom is 0.243 e. The number of likely N-dealkylation sites (tertiary alicyclic amines) is 2. The van der Waals surface area contributed by atoms with Gasteiger partial charge in [-0.25, -0.2) is 13.1 Å². The molecule has 0 radical (unpaired) electrons. The molecule has 2 saturated heterocycles. The molecule has 0 bridgehead atoms. The number of amides is 3. The van der Waals surface area contributed by atoms with Crippen LogP contribution in [0.3, 0.4) is 0 Å². The Morgan fingerprint density at radius 3 is 2.43 bits per heavy atom. The largest absolute Gasteiger partial charge is 0.350 e. The van der Waals surface area contributed by atoms with Gasteiger partial charge in [-0.3, -0.25) is 14.4 Å². The second kappa shape index (κ2) is 15.8. The van der Waals surface area contributed by atoms with E-state index in [1.165, 1.54) is 4.90 Å². The molecule has 11 nitrogen and oxygen atoms in total. The van der Waals surface area contributed by atoms with Crippen LogP contribution < -0.4 is 21.5 Å². The van der Waals surface area contributed by atoms with Crippen LogP contribution in [-0.2, 0) is 43.2 Å². The minimum atomic E-state index is -3.91. The first kappa shape index (κ1) is 33.9. The molecule has 0 aliphatic carbocycles. The number of hydrogen-bond acceptors (Lipinski definition) is 7. The highest BCUT2D eigenvalue weighted by molar-refractivity contribution is 7.88. The van der Waals surface area contributed by atoms with Crippen LogP contribution in [-0.4, -0.2) is 73.7 Å². The summed E-state index contributed by atoms with van der Waals surface area (Å²) >= 11 is 6.14. The number of sulfonamides is 1. The lowest BCUT2D eigenvalue weighted by Crippen LogP contribution is -2.53. The molecular weight excluding hydrogens is 604 g/mol. The zero-order valence-corrected chi connectivity index (χ0v) is 26.5. The van der Waals surface area contributed by atoms with Crippen LogP contribution in [0.15, 0.2) is 48.5 Å². The summed E-state index contributed by atoms with van der Waals surface area (Å²) in [5.74, 6) is -1.13. The van der Waals surface area contributed by atoms with Crippen molar-refractivity contribution < 1.29 is 22.8 Å². The second-order valence-corrected chi connectivity index (χ2v) is 13.7. The monoisotopic (exact) mass is 646 g/mol. The van der Waals surface area contributed by atoms with Gasteiger partial charge in [-0.05, 0) is 67.3 Å². The Balaban J connectivity index is 1.44. The van der Waals surface area contributed by atoms with E-state index in [-0.39, 0.29) is 49.5 Å². The fourth-order valence-corrected chi connectivity index (χ4v) is 7.37. The van der Waals surface area contributed by atoms with E-state index in [1.807, 2.05) is 6.07 Å². The van der Waals surface area contributed by atoms with E-state index in [0.29, 0.717) is 49.5 Å². The molecule has 2 aliphatic rings. The Morgan fingerprint density at radius 1 is 1.00 bits per heavy atom. The van der Waals surface area contributed by atoms with Gasteiger partial charge < -0.3 is 26.6 Å². The Morgan fingerprint density at radius 2 is 1.73 bits per heavy atom. The summed E-state index contributed by atoms with van der Waals surface area (Å²) in [6.45, 7) is 2.00. The van der Waals surface area contributed by atoms with Crippen LogP contribution in [0.5, 0.6) is 0 Å². The number of nitrogens with two attached hydrogens (primary N) is 2. The van der Waals surface area contributed by atoms with Gasteiger partial charge in [0.25, 0.3) is 0 Å². The molecule has 240 valence electrons. The van der Waals surface area contributed by atoms with Gasteiger partial charge in [0.15, 0.2) is 0 Å². The van der Waals surface area contributed by atoms with Crippen molar-refractivity contribution in [2.45, 2.75) is 81.9 Å². The van der Waals surface area contributed by atoms with Gasteiger partial charge >= 0.3 is 0 Å². The third-order valence-electron chi connectivity index (χ3n) is 8.28. The first-order chi connectivity index (χ1) is 21.1. The lowest BCUT2D eigenvalue weighted by molar-refractivity contribution is -0.140. The van der Waals surface area contributed by atoms with Crippen LogP contribution in [0.4, 0.5) is 0 Å². The number of carbonyl (C=O) groups excluding carboxylic acids is 3. The molecule has 13 heteroatoms. The smallest absolute Gasteiger partial charge is 0.243 e. The van der Waals surface area contributed by atoms with E-state index in [1.54, 1.807) is 47.4 Å². The van der Waals surface area contributed by atoms with E-state index in [9.17, 15) is 22.8 Å². The topological polar surface area (TPSA) is 168 Å². The third-order valence-corrected chi connectivity index (χ3v) is 9.87.